The summed E-state index contributed by atoms with van der Waals surface area (Å²) < 4.78 is 2.26. The average molecular weight is 492 g/mol. The molecule has 0 saturated carbocycles. The smallest absolute Gasteiger partial charge is 0.336 e. The predicted molar refractivity (Wildman–Crippen MR) is 146 cm³/mol. The second-order valence-electron chi connectivity index (χ2n) is 9.22. The summed E-state index contributed by atoms with van der Waals surface area (Å²) in [6, 6.07) is 17.3. The summed E-state index contributed by atoms with van der Waals surface area (Å²) in [5, 5.41) is 12.0. The fraction of sp³-hybridized carbons (Fsp3) is 0.200. The van der Waals surface area contributed by atoms with E-state index in [9.17, 15) is 9.90 Å². The number of carbonyl (C=O) groups is 1. The number of hydrogen-bond acceptors (Lipinski definition) is 3. The maximum atomic E-state index is 12.1. The van der Waals surface area contributed by atoms with Crippen LogP contribution in [0.2, 0.25) is 0 Å². The molecule has 6 rings (SSSR count). The highest BCUT2D eigenvalue weighted by molar-refractivity contribution is 7.99. The molecule has 1 fully saturated rings. The molecule has 1 aliphatic heterocycles. The van der Waals surface area contributed by atoms with E-state index < -0.39 is 5.97 Å². The Hall–Kier alpha value is -3.95. The topological polar surface area (TPSA) is 70.9 Å². The van der Waals surface area contributed by atoms with Crippen molar-refractivity contribution in [2.45, 2.75) is 19.4 Å². The Morgan fingerprint density at radius 3 is 2.83 bits per heavy atom. The first-order chi connectivity index (χ1) is 17.7. The monoisotopic (exact) mass is 491 g/mol. The van der Waals surface area contributed by atoms with E-state index in [1.165, 1.54) is 24.3 Å². The van der Waals surface area contributed by atoms with Gasteiger partial charge in [-0.3, -0.25) is 0 Å². The Labute approximate surface area is 213 Å². The molecule has 4 heterocycles. The van der Waals surface area contributed by atoms with Gasteiger partial charge in [0.1, 0.15) is 5.65 Å². The SMILES string of the molecule is O=C(O)c1cccc(C#Cc2cnc3c(ccn3CC3CCSCC3)c2)c1-c1ccc2cc[nH]c2c1. The van der Waals surface area contributed by atoms with Crippen molar-refractivity contribution in [3.63, 3.8) is 0 Å². The second-order valence-corrected chi connectivity index (χ2v) is 10.4. The maximum absolute atomic E-state index is 12.1. The molecule has 0 unspecified atom stereocenters. The third-order valence-corrected chi connectivity index (χ3v) is 7.93. The molecular weight excluding hydrogens is 466 g/mol. The first-order valence-electron chi connectivity index (χ1n) is 12.1. The summed E-state index contributed by atoms with van der Waals surface area (Å²) in [7, 11) is 0. The average Bonchev–Trinajstić information content (AvgIpc) is 3.54. The van der Waals surface area contributed by atoms with Crippen LogP contribution in [0.15, 0.2) is 73.2 Å². The van der Waals surface area contributed by atoms with Crippen molar-refractivity contribution in [3.8, 4) is 23.0 Å². The number of rotatable bonds is 4. The number of aromatic amines is 1. The van der Waals surface area contributed by atoms with Crippen molar-refractivity contribution in [2.24, 2.45) is 5.92 Å². The first kappa shape index (κ1) is 22.5. The summed E-state index contributed by atoms with van der Waals surface area (Å²) in [6.07, 6.45) is 8.35. The van der Waals surface area contributed by atoms with Crippen LogP contribution in [-0.4, -0.2) is 37.1 Å². The number of pyridine rings is 1. The molecule has 2 aromatic carbocycles. The van der Waals surface area contributed by atoms with Gasteiger partial charge in [-0.1, -0.05) is 30.0 Å². The van der Waals surface area contributed by atoms with Crippen LogP contribution in [0.4, 0.5) is 0 Å². The van der Waals surface area contributed by atoms with E-state index in [-0.39, 0.29) is 5.56 Å². The summed E-state index contributed by atoms with van der Waals surface area (Å²) in [6.45, 7) is 1.01. The second kappa shape index (κ2) is 9.60. The molecule has 36 heavy (non-hydrogen) atoms. The van der Waals surface area contributed by atoms with Gasteiger partial charge in [0.2, 0.25) is 0 Å². The number of aromatic carboxylic acids is 1. The largest absolute Gasteiger partial charge is 0.478 e. The van der Waals surface area contributed by atoms with Crippen molar-refractivity contribution in [1.29, 1.82) is 0 Å². The standard InChI is InChI=1S/C30H25N3O2S/c34-30(35)26-3-1-2-23(28(26)24-7-6-22-8-12-31-27(22)17-24)5-4-21-16-25-9-13-33(29(25)32-18-21)19-20-10-14-36-15-11-20/h1-3,6-9,12-13,16-18,20,31H,10-11,14-15,19H2,(H,34,35). The lowest BCUT2D eigenvalue weighted by Crippen LogP contribution is -2.16. The van der Waals surface area contributed by atoms with Crippen LogP contribution >= 0.6 is 11.8 Å². The zero-order chi connectivity index (χ0) is 24.5. The fourth-order valence-electron chi connectivity index (χ4n) is 4.99. The molecule has 5 nitrogen and oxygen atoms in total. The number of aromatic nitrogens is 3. The Balaban J connectivity index is 1.35. The van der Waals surface area contributed by atoms with Gasteiger partial charge in [0, 0.05) is 52.7 Å². The molecule has 0 radical (unpaired) electrons. The third-order valence-electron chi connectivity index (χ3n) is 6.88. The molecule has 6 heteroatoms. The fourth-order valence-corrected chi connectivity index (χ4v) is 6.19. The molecule has 5 aromatic rings. The molecule has 1 aliphatic rings. The number of hydrogen-bond donors (Lipinski definition) is 2. The Morgan fingerprint density at radius 1 is 1.08 bits per heavy atom. The van der Waals surface area contributed by atoms with E-state index in [2.05, 4.69) is 39.7 Å². The van der Waals surface area contributed by atoms with E-state index in [0.717, 1.165) is 39.6 Å². The lowest BCUT2D eigenvalue weighted by molar-refractivity contribution is 0.0697. The van der Waals surface area contributed by atoms with Gasteiger partial charge in [0.15, 0.2) is 0 Å². The number of nitrogens with one attached hydrogen (secondary N) is 1. The minimum Gasteiger partial charge on any atom is -0.478 e. The molecule has 0 atom stereocenters. The number of carboxylic acids is 1. The van der Waals surface area contributed by atoms with Crippen LogP contribution in [0.1, 0.15) is 34.3 Å². The lowest BCUT2D eigenvalue weighted by Gasteiger charge is -2.21. The zero-order valence-electron chi connectivity index (χ0n) is 19.7. The van der Waals surface area contributed by atoms with E-state index in [1.54, 1.807) is 12.1 Å². The first-order valence-corrected chi connectivity index (χ1v) is 13.3. The van der Waals surface area contributed by atoms with Gasteiger partial charge in [0.25, 0.3) is 0 Å². The van der Waals surface area contributed by atoms with Crippen molar-refractivity contribution < 1.29 is 9.90 Å². The van der Waals surface area contributed by atoms with E-state index in [4.69, 9.17) is 4.98 Å². The summed E-state index contributed by atoms with van der Waals surface area (Å²) in [5.41, 5.74) is 5.11. The van der Waals surface area contributed by atoms with E-state index in [0.29, 0.717) is 17.0 Å². The Morgan fingerprint density at radius 2 is 1.97 bits per heavy atom. The number of H-pyrrole nitrogens is 1. The summed E-state index contributed by atoms with van der Waals surface area (Å²) >= 11 is 2.05. The van der Waals surface area contributed by atoms with Crippen LogP contribution in [0.5, 0.6) is 0 Å². The Kier molecular flexibility index (Phi) is 6.00. The van der Waals surface area contributed by atoms with Gasteiger partial charge in [-0.25, -0.2) is 9.78 Å². The van der Waals surface area contributed by atoms with Crippen LogP contribution in [0, 0.1) is 17.8 Å². The Bertz CT molecular complexity index is 1650. The molecule has 178 valence electrons. The summed E-state index contributed by atoms with van der Waals surface area (Å²) in [4.78, 5) is 20.0. The molecule has 3 aromatic heterocycles. The molecule has 1 saturated heterocycles. The molecule has 0 bridgehead atoms. The zero-order valence-corrected chi connectivity index (χ0v) is 20.5. The predicted octanol–water partition coefficient (Wildman–Crippen LogP) is 6.43. The highest BCUT2D eigenvalue weighted by atomic mass is 32.2. The highest BCUT2D eigenvalue weighted by Crippen LogP contribution is 2.30. The molecule has 2 N–H and O–H groups in total. The van der Waals surface area contributed by atoms with Gasteiger partial charge in [0.05, 0.1) is 5.56 Å². The maximum Gasteiger partial charge on any atom is 0.336 e. The molecule has 0 spiro atoms. The number of nitrogens with zero attached hydrogens (tertiary/aromatic N) is 2. The number of fused-ring (bicyclic) bond motifs is 2. The van der Waals surface area contributed by atoms with Gasteiger partial charge >= 0.3 is 5.97 Å². The number of benzene rings is 2. The van der Waals surface area contributed by atoms with Crippen molar-refractivity contribution in [3.05, 3.63) is 89.9 Å². The quantitative estimate of drug-likeness (QED) is 0.284. The number of carboxylic acid groups (broad SMARTS) is 1. The van der Waals surface area contributed by atoms with Crippen molar-refractivity contribution in [1.82, 2.24) is 14.5 Å². The normalized spacial score (nSPS) is 14.1. The minimum absolute atomic E-state index is 0.236. The number of thioether (sulfide) groups is 1. The molecule has 0 amide bonds. The van der Waals surface area contributed by atoms with Gasteiger partial charge < -0.3 is 14.7 Å². The summed E-state index contributed by atoms with van der Waals surface area (Å²) in [5.74, 6) is 8.70. The van der Waals surface area contributed by atoms with Crippen molar-refractivity contribution >= 4 is 39.7 Å². The minimum atomic E-state index is -0.971. The van der Waals surface area contributed by atoms with Crippen molar-refractivity contribution in [2.75, 3.05) is 11.5 Å². The van der Waals surface area contributed by atoms with E-state index >= 15 is 0 Å². The van der Waals surface area contributed by atoms with E-state index in [1.807, 2.05) is 54.5 Å². The van der Waals surface area contributed by atoms with Gasteiger partial charge in [-0.15, -0.1) is 0 Å². The van der Waals surface area contributed by atoms with Crippen LogP contribution < -0.4 is 0 Å². The van der Waals surface area contributed by atoms with Gasteiger partial charge in [-0.2, -0.15) is 11.8 Å². The molecule has 0 aliphatic carbocycles. The molecular formula is C30H25N3O2S. The third kappa shape index (κ3) is 4.38. The van der Waals surface area contributed by atoms with Crippen LogP contribution in [-0.2, 0) is 6.54 Å². The van der Waals surface area contributed by atoms with Crippen LogP contribution in [0.3, 0.4) is 0 Å². The highest BCUT2D eigenvalue weighted by Gasteiger charge is 2.17. The van der Waals surface area contributed by atoms with Crippen LogP contribution in [0.25, 0.3) is 33.1 Å². The van der Waals surface area contributed by atoms with Gasteiger partial charge in [-0.05, 0) is 77.6 Å². The lowest BCUT2D eigenvalue weighted by atomic mass is 9.93.